The highest BCUT2D eigenvalue weighted by molar-refractivity contribution is 7.90. The molecule has 0 saturated carbocycles. The first-order chi connectivity index (χ1) is 17.0. The lowest BCUT2D eigenvalue weighted by molar-refractivity contribution is 0.0704. The molecule has 2 aromatic carbocycles. The molecular formula is C22H15F3N2O7S2. The van der Waals surface area contributed by atoms with Crippen LogP contribution in [-0.4, -0.2) is 38.5 Å². The van der Waals surface area contributed by atoms with E-state index in [1.54, 1.807) is 0 Å². The molecule has 1 atom stereocenters. The van der Waals surface area contributed by atoms with Crippen molar-refractivity contribution in [2.75, 3.05) is 13.4 Å². The zero-order valence-corrected chi connectivity index (χ0v) is 20.0. The first kappa shape index (κ1) is 25.3. The number of nitrogens with zero attached hydrogens (tertiary/aromatic N) is 1. The van der Waals surface area contributed by atoms with Gasteiger partial charge in [0.15, 0.2) is 28.1 Å². The number of halogens is 3. The van der Waals surface area contributed by atoms with Crippen LogP contribution in [0.2, 0.25) is 0 Å². The number of thiophene rings is 1. The summed E-state index contributed by atoms with van der Waals surface area (Å²) in [6.45, 7) is -0.639. The number of hydrogen-bond acceptors (Lipinski definition) is 7. The number of fused-ring (bicyclic) bond motifs is 1. The molecule has 2 heterocycles. The van der Waals surface area contributed by atoms with Gasteiger partial charge < -0.3 is 24.1 Å². The van der Waals surface area contributed by atoms with Crippen molar-refractivity contribution in [1.82, 2.24) is 9.55 Å². The van der Waals surface area contributed by atoms with Gasteiger partial charge >= 0.3 is 11.7 Å². The average Bonchev–Trinajstić information content (AvgIpc) is 3.25. The summed E-state index contributed by atoms with van der Waals surface area (Å²) in [4.78, 5) is 39.0. The number of aromatic carboxylic acids is 1. The molecule has 0 saturated heterocycles. The lowest BCUT2D eigenvalue weighted by Gasteiger charge is -2.16. The Morgan fingerprint density at radius 3 is 2.56 bits per heavy atom. The molecule has 0 amide bonds. The number of H-pyrrole nitrogens is 1. The first-order valence-corrected chi connectivity index (χ1v) is 12.3. The number of aromatic nitrogens is 2. The van der Waals surface area contributed by atoms with Crippen LogP contribution in [0.4, 0.5) is 13.2 Å². The highest BCUT2D eigenvalue weighted by Crippen LogP contribution is 2.32. The Kier molecular flexibility index (Phi) is 6.84. The van der Waals surface area contributed by atoms with Gasteiger partial charge in [0, 0.05) is 17.5 Å². The van der Waals surface area contributed by atoms with E-state index in [0.29, 0.717) is 15.9 Å². The van der Waals surface area contributed by atoms with E-state index in [-0.39, 0.29) is 37.7 Å². The second-order valence-electron chi connectivity index (χ2n) is 7.26. The van der Waals surface area contributed by atoms with Crippen molar-refractivity contribution in [1.29, 1.82) is 0 Å². The van der Waals surface area contributed by atoms with Crippen LogP contribution in [0.25, 0.3) is 16.6 Å². The van der Waals surface area contributed by atoms with Gasteiger partial charge in [0.25, 0.3) is 5.56 Å². The molecular weight excluding hydrogens is 525 g/mol. The Morgan fingerprint density at radius 1 is 1.19 bits per heavy atom. The standard InChI is InChI=1S/C22H15F3N2O7S2/c1-33-14-4-3-10(23)18(25)9(14)7-34-15-6-13(11(24)5-16(15)36(2)32)27-20(28)17-12(26-22(27)31)8-35-19(17)21(29)30/h3-6,8H,7H2,1-2H3,(H,26,31)(H,29,30). The van der Waals surface area contributed by atoms with Crippen LogP contribution in [0.15, 0.2) is 44.1 Å². The highest BCUT2D eigenvalue weighted by atomic mass is 32.2. The number of benzene rings is 2. The van der Waals surface area contributed by atoms with Crippen LogP contribution < -0.4 is 20.7 Å². The number of rotatable bonds is 7. The minimum absolute atomic E-state index is 0.0412. The Labute approximate surface area is 206 Å². The van der Waals surface area contributed by atoms with Gasteiger partial charge in [-0.25, -0.2) is 27.3 Å². The summed E-state index contributed by atoms with van der Waals surface area (Å²) in [5.41, 5.74) is -3.19. The number of nitrogens with one attached hydrogen (secondary N) is 1. The molecule has 0 bridgehead atoms. The third-order valence-electron chi connectivity index (χ3n) is 5.16. The second kappa shape index (κ2) is 9.72. The summed E-state index contributed by atoms with van der Waals surface area (Å²) in [6.07, 6.45) is 1.21. The Morgan fingerprint density at radius 2 is 1.92 bits per heavy atom. The summed E-state index contributed by atoms with van der Waals surface area (Å²) in [6, 6.07) is 3.68. The number of methoxy groups -OCH3 is 1. The van der Waals surface area contributed by atoms with Crippen molar-refractivity contribution in [3.8, 4) is 17.2 Å². The van der Waals surface area contributed by atoms with E-state index in [0.717, 1.165) is 18.2 Å². The normalized spacial score (nSPS) is 12.1. The van der Waals surface area contributed by atoms with E-state index >= 15 is 4.39 Å². The molecule has 0 aliphatic carbocycles. The molecule has 1 unspecified atom stereocenters. The predicted octanol–water partition coefficient (Wildman–Crippen LogP) is 3.18. The molecule has 36 heavy (non-hydrogen) atoms. The molecule has 2 aromatic heterocycles. The molecule has 0 fully saturated rings. The Hall–Kier alpha value is -3.75. The first-order valence-electron chi connectivity index (χ1n) is 9.86. The maximum absolute atomic E-state index is 15.1. The van der Waals surface area contributed by atoms with Crippen LogP contribution in [-0.2, 0) is 17.8 Å². The maximum atomic E-state index is 15.1. The zero-order chi connectivity index (χ0) is 26.3. The van der Waals surface area contributed by atoms with Crippen LogP contribution in [0.5, 0.6) is 11.5 Å². The topological polar surface area (TPSA) is 134 Å². The number of carboxylic acids is 1. The largest absolute Gasteiger partial charge is 0.612 e. The molecule has 4 aromatic rings. The third kappa shape index (κ3) is 4.34. The lowest BCUT2D eigenvalue weighted by Crippen LogP contribution is -2.34. The van der Waals surface area contributed by atoms with Crippen LogP contribution in [0.1, 0.15) is 15.2 Å². The molecule has 9 nitrogen and oxygen atoms in total. The molecule has 4 rings (SSSR count). The van der Waals surface area contributed by atoms with Gasteiger partial charge in [-0.1, -0.05) is 0 Å². The molecule has 0 aliphatic heterocycles. The SMILES string of the molecule is COc1ccc(F)c(F)c1COc1cc(-n2c(=O)[nH]c3csc(C(=O)O)c3c2=O)c(F)cc1[S+](C)[O-]. The smallest absolute Gasteiger partial charge is 0.346 e. The van der Waals surface area contributed by atoms with E-state index in [2.05, 4.69) is 4.98 Å². The quantitative estimate of drug-likeness (QED) is 0.344. The van der Waals surface area contributed by atoms with E-state index < -0.39 is 58.1 Å². The summed E-state index contributed by atoms with van der Waals surface area (Å²) in [7, 11) is 1.23. The fourth-order valence-electron chi connectivity index (χ4n) is 3.50. The van der Waals surface area contributed by atoms with Crippen molar-refractivity contribution in [3.05, 3.63) is 78.4 Å². The van der Waals surface area contributed by atoms with Gasteiger partial charge in [-0.3, -0.25) is 4.79 Å². The van der Waals surface area contributed by atoms with E-state index in [1.165, 1.54) is 24.8 Å². The molecule has 2 N–H and O–H groups in total. The van der Waals surface area contributed by atoms with Crippen LogP contribution in [0.3, 0.4) is 0 Å². The van der Waals surface area contributed by atoms with Crippen molar-refractivity contribution in [2.45, 2.75) is 11.5 Å². The number of hydrogen-bond donors (Lipinski definition) is 2. The number of carboxylic acid groups (broad SMARTS) is 1. The number of ether oxygens (including phenoxy) is 2. The molecule has 0 spiro atoms. The minimum atomic E-state index is -1.84. The Bertz CT molecular complexity index is 1630. The number of aromatic amines is 1. The monoisotopic (exact) mass is 540 g/mol. The summed E-state index contributed by atoms with van der Waals surface area (Å²) < 4.78 is 66.3. The second-order valence-corrected chi connectivity index (χ2v) is 9.49. The third-order valence-corrected chi connectivity index (χ3v) is 7.06. The fourth-order valence-corrected chi connectivity index (χ4v) is 5.00. The summed E-state index contributed by atoms with van der Waals surface area (Å²) in [5.74, 6) is -5.34. The molecule has 188 valence electrons. The van der Waals surface area contributed by atoms with Crippen molar-refractivity contribution < 1.29 is 37.1 Å². The minimum Gasteiger partial charge on any atom is -0.612 e. The predicted molar refractivity (Wildman–Crippen MR) is 125 cm³/mol. The van der Waals surface area contributed by atoms with E-state index in [9.17, 15) is 32.8 Å². The van der Waals surface area contributed by atoms with Gasteiger partial charge in [0.1, 0.15) is 23.5 Å². The van der Waals surface area contributed by atoms with Crippen molar-refractivity contribution in [2.24, 2.45) is 0 Å². The van der Waals surface area contributed by atoms with Crippen LogP contribution in [0, 0.1) is 17.5 Å². The summed E-state index contributed by atoms with van der Waals surface area (Å²) >= 11 is -1.14. The molecule has 0 aliphatic rings. The van der Waals surface area contributed by atoms with Gasteiger partial charge in [0.05, 0.1) is 29.3 Å². The highest BCUT2D eigenvalue weighted by Gasteiger charge is 2.25. The molecule has 0 radical (unpaired) electrons. The van der Waals surface area contributed by atoms with E-state index in [4.69, 9.17) is 9.47 Å². The van der Waals surface area contributed by atoms with Gasteiger partial charge in [-0.15, -0.1) is 11.3 Å². The van der Waals surface area contributed by atoms with E-state index in [1.807, 2.05) is 0 Å². The average molecular weight is 540 g/mol. The van der Waals surface area contributed by atoms with Gasteiger partial charge in [0.2, 0.25) is 0 Å². The fraction of sp³-hybridized carbons (Fsp3) is 0.136. The summed E-state index contributed by atoms with van der Waals surface area (Å²) in [5, 5.41) is 10.3. The number of carbonyl (C=O) groups is 1. The molecule has 14 heteroatoms. The Balaban J connectivity index is 1.88. The van der Waals surface area contributed by atoms with Crippen LogP contribution >= 0.6 is 11.3 Å². The van der Waals surface area contributed by atoms with Gasteiger partial charge in [-0.05, 0) is 23.3 Å². The van der Waals surface area contributed by atoms with Crippen molar-refractivity contribution in [3.63, 3.8) is 0 Å². The zero-order valence-electron chi connectivity index (χ0n) is 18.4. The van der Waals surface area contributed by atoms with Gasteiger partial charge in [-0.2, -0.15) is 0 Å². The lowest BCUT2D eigenvalue weighted by atomic mass is 10.2. The van der Waals surface area contributed by atoms with Crippen molar-refractivity contribution >= 4 is 39.4 Å². The maximum Gasteiger partial charge on any atom is 0.346 e.